The second-order valence-electron chi connectivity index (χ2n) is 6.75. The van der Waals surface area contributed by atoms with Crippen molar-refractivity contribution in [1.29, 1.82) is 0 Å². The molecule has 0 bridgehead atoms. The van der Waals surface area contributed by atoms with Gasteiger partial charge in [0.05, 0.1) is 6.10 Å². The van der Waals surface area contributed by atoms with Gasteiger partial charge < -0.3 is 20.2 Å². The number of benzene rings is 1. The van der Waals surface area contributed by atoms with E-state index in [-0.39, 0.29) is 31.0 Å². The van der Waals surface area contributed by atoms with Gasteiger partial charge in [-0.1, -0.05) is 31.4 Å². The monoisotopic (exact) mass is 378 g/mol. The Morgan fingerprint density at radius 1 is 1.11 bits per heavy atom. The number of rotatable bonds is 11. The third-order valence-electron chi connectivity index (χ3n) is 4.71. The van der Waals surface area contributed by atoms with E-state index in [1.165, 1.54) is 17.0 Å². The molecule has 0 saturated carbocycles. The Kier molecular flexibility index (Phi) is 7.60. The van der Waals surface area contributed by atoms with Crippen LogP contribution in [0.15, 0.2) is 24.3 Å². The van der Waals surface area contributed by atoms with Crippen molar-refractivity contribution in [2.45, 2.75) is 57.1 Å². The lowest BCUT2D eigenvalue weighted by molar-refractivity contribution is -0.137. The molecule has 0 aromatic heterocycles. The second-order valence-corrected chi connectivity index (χ2v) is 6.75. The summed E-state index contributed by atoms with van der Waals surface area (Å²) in [6, 6.07) is 5.20. The van der Waals surface area contributed by atoms with E-state index in [1.807, 2.05) is 0 Å². The molecule has 2 rings (SSSR count). The summed E-state index contributed by atoms with van der Waals surface area (Å²) in [7, 11) is 0. The third-order valence-corrected chi connectivity index (χ3v) is 4.71. The molecule has 1 aromatic rings. The van der Waals surface area contributed by atoms with Gasteiger partial charge in [-0.2, -0.15) is 0 Å². The average molecular weight is 378 g/mol. The highest BCUT2D eigenvalue weighted by molar-refractivity contribution is 6.04. The van der Waals surface area contributed by atoms with Crippen LogP contribution >= 0.6 is 0 Å². The highest BCUT2D eigenvalue weighted by Gasteiger charge is 2.37. The first-order chi connectivity index (χ1) is 12.9. The van der Waals surface area contributed by atoms with Gasteiger partial charge in [0.1, 0.15) is 11.8 Å². The van der Waals surface area contributed by atoms with E-state index in [9.17, 15) is 24.6 Å². The summed E-state index contributed by atoms with van der Waals surface area (Å²) in [6.07, 6.45) is 3.04. The van der Waals surface area contributed by atoms with Crippen LogP contribution in [0.1, 0.15) is 56.6 Å². The lowest BCUT2D eigenvalue weighted by Crippen LogP contribution is -2.36. The van der Waals surface area contributed by atoms with Gasteiger partial charge in [-0.05, 0) is 37.0 Å². The summed E-state index contributed by atoms with van der Waals surface area (Å²) in [6.45, 7) is 0.239. The standard InChI is InChI=1S/C19H26N2O6/c22-14-9-7-13(8-10-14)16(23)11-12-21-15(18(26)20-19(21)27)5-3-1-2-4-6-17(24)25/h7-10,15-16,22-23H,1-6,11-12H2,(H,24,25)(H,20,26,27). The van der Waals surface area contributed by atoms with Gasteiger partial charge in [-0.15, -0.1) is 0 Å². The number of phenolic OH excluding ortho intramolecular Hbond substituents is 1. The summed E-state index contributed by atoms with van der Waals surface area (Å²) in [4.78, 5) is 36.0. The number of aliphatic carboxylic acids is 1. The summed E-state index contributed by atoms with van der Waals surface area (Å²) in [5.41, 5.74) is 0.633. The largest absolute Gasteiger partial charge is 0.508 e. The maximum absolute atomic E-state index is 12.0. The summed E-state index contributed by atoms with van der Waals surface area (Å²) in [5, 5.41) is 30.5. The topological polar surface area (TPSA) is 127 Å². The Balaban J connectivity index is 1.80. The van der Waals surface area contributed by atoms with Crippen molar-refractivity contribution in [3.8, 4) is 5.75 Å². The third kappa shape index (κ3) is 6.25. The highest BCUT2D eigenvalue weighted by atomic mass is 16.4. The SMILES string of the molecule is O=C(O)CCCCCCC1C(=O)NC(=O)N1CCC(O)c1ccc(O)cc1. The van der Waals surface area contributed by atoms with Gasteiger partial charge in [0, 0.05) is 13.0 Å². The predicted octanol–water partition coefficient (Wildman–Crippen LogP) is 2.16. The van der Waals surface area contributed by atoms with Gasteiger partial charge in [0.15, 0.2) is 0 Å². The molecule has 0 aliphatic carbocycles. The zero-order chi connectivity index (χ0) is 19.8. The normalized spacial score (nSPS) is 17.8. The molecule has 1 heterocycles. The molecule has 2 unspecified atom stereocenters. The number of hydrogen-bond acceptors (Lipinski definition) is 5. The van der Waals surface area contributed by atoms with Gasteiger partial charge in [-0.3, -0.25) is 14.9 Å². The molecular weight excluding hydrogens is 352 g/mol. The molecule has 8 nitrogen and oxygen atoms in total. The molecule has 0 spiro atoms. The fraction of sp³-hybridized carbons (Fsp3) is 0.526. The maximum atomic E-state index is 12.0. The number of aromatic hydroxyl groups is 1. The Labute approximate surface area is 157 Å². The number of phenols is 1. The van der Waals surface area contributed by atoms with Gasteiger partial charge in [0.25, 0.3) is 5.91 Å². The zero-order valence-corrected chi connectivity index (χ0v) is 15.1. The quantitative estimate of drug-likeness (QED) is 0.345. The van der Waals surface area contributed by atoms with Crippen LogP contribution in [0.5, 0.6) is 5.75 Å². The molecule has 4 N–H and O–H groups in total. The van der Waals surface area contributed by atoms with Crippen LogP contribution < -0.4 is 5.32 Å². The molecule has 3 amide bonds. The Bertz CT molecular complexity index is 661. The smallest absolute Gasteiger partial charge is 0.324 e. The molecule has 1 aliphatic rings. The van der Waals surface area contributed by atoms with E-state index in [1.54, 1.807) is 12.1 Å². The molecule has 0 radical (unpaired) electrons. The van der Waals surface area contributed by atoms with Crippen LogP contribution in [0.2, 0.25) is 0 Å². The van der Waals surface area contributed by atoms with Crippen molar-refractivity contribution < 1.29 is 29.7 Å². The predicted molar refractivity (Wildman–Crippen MR) is 97.1 cm³/mol. The van der Waals surface area contributed by atoms with Crippen molar-refractivity contribution >= 4 is 17.9 Å². The van der Waals surface area contributed by atoms with Crippen molar-refractivity contribution in [2.24, 2.45) is 0 Å². The van der Waals surface area contributed by atoms with E-state index in [4.69, 9.17) is 5.11 Å². The number of unbranched alkanes of at least 4 members (excludes halogenated alkanes) is 3. The fourth-order valence-electron chi connectivity index (χ4n) is 3.18. The number of nitrogens with zero attached hydrogens (tertiary/aromatic N) is 1. The first kappa shape index (κ1) is 20.7. The second kappa shape index (κ2) is 9.91. The lowest BCUT2D eigenvalue weighted by Gasteiger charge is -2.23. The van der Waals surface area contributed by atoms with Crippen LogP contribution in [0.25, 0.3) is 0 Å². The van der Waals surface area contributed by atoms with E-state index >= 15 is 0 Å². The number of aliphatic hydroxyl groups excluding tert-OH is 1. The van der Waals surface area contributed by atoms with E-state index in [2.05, 4.69) is 5.32 Å². The number of hydrogen-bond donors (Lipinski definition) is 4. The van der Waals surface area contributed by atoms with E-state index in [0.717, 1.165) is 19.3 Å². The van der Waals surface area contributed by atoms with Crippen LogP contribution in [-0.4, -0.2) is 50.7 Å². The number of imide groups is 1. The molecule has 27 heavy (non-hydrogen) atoms. The van der Waals surface area contributed by atoms with Gasteiger partial charge in [-0.25, -0.2) is 4.79 Å². The van der Waals surface area contributed by atoms with Crippen molar-refractivity contribution in [2.75, 3.05) is 6.54 Å². The highest BCUT2D eigenvalue weighted by Crippen LogP contribution is 2.22. The van der Waals surface area contributed by atoms with E-state index in [0.29, 0.717) is 18.4 Å². The number of carbonyl (C=O) groups excluding carboxylic acids is 2. The summed E-state index contributed by atoms with van der Waals surface area (Å²) >= 11 is 0. The van der Waals surface area contributed by atoms with E-state index < -0.39 is 24.1 Å². The average Bonchev–Trinajstić information content (AvgIpc) is 2.89. The number of aliphatic hydroxyl groups is 1. The Morgan fingerprint density at radius 2 is 1.78 bits per heavy atom. The molecule has 148 valence electrons. The maximum Gasteiger partial charge on any atom is 0.324 e. The van der Waals surface area contributed by atoms with Crippen LogP contribution in [-0.2, 0) is 9.59 Å². The molecular formula is C19H26N2O6. The molecule has 1 saturated heterocycles. The van der Waals surface area contributed by atoms with Gasteiger partial charge >= 0.3 is 12.0 Å². The molecule has 1 aliphatic heterocycles. The van der Waals surface area contributed by atoms with Crippen LogP contribution in [0.3, 0.4) is 0 Å². The molecule has 2 atom stereocenters. The Hall–Kier alpha value is -2.61. The van der Waals surface area contributed by atoms with Gasteiger partial charge in [0.2, 0.25) is 0 Å². The summed E-state index contributed by atoms with van der Waals surface area (Å²) in [5.74, 6) is -1.03. The number of carboxylic acid groups (broad SMARTS) is 1. The minimum Gasteiger partial charge on any atom is -0.508 e. The lowest BCUT2D eigenvalue weighted by atomic mass is 10.0. The number of carboxylic acids is 1. The fourth-order valence-corrected chi connectivity index (χ4v) is 3.18. The summed E-state index contributed by atoms with van der Waals surface area (Å²) < 4.78 is 0. The number of carbonyl (C=O) groups is 3. The van der Waals surface area contributed by atoms with Crippen LogP contribution in [0, 0.1) is 0 Å². The molecule has 1 aromatic carbocycles. The number of amides is 3. The van der Waals surface area contributed by atoms with Crippen molar-refractivity contribution in [1.82, 2.24) is 10.2 Å². The minimum atomic E-state index is -0.811. The molecule has 8 heteroatoms. The number of nitrogens with one attached hydrogen (secondary N) is 1. The zero-order valence-electron chi connectivity index (χ0n) is 15.1. The first-order valence-corrected chi connectivity index (χ1v) is 9.18. The van der Waals surface area contributed by atoms with Crippen LogP contribution in [0.4, 0.5) is 4.79 Å². The molecule has 1 fully saturated rings. The Morgan fingerprint density at radius 3 is 2.44 bits per heavy atom. The van der Waals surface area contributed by atoms with Crippen molar-refractivity contribution in [3.05, 3.63) is 29.8 Å². The van der Waals surface area contributed by atoms with Crippen molar-refractivity contribution in [3.63, 3.8) is 0 Å². The first-order valence-electron chi connectivity index (χ1n) is 9.18. The number of urea groups is 1. The minimum absolute atomic E-state index is 0.110.